The third-order valence-corrected chi connectivity index (χ3v) is 16.2. The quantitative estimate of drug-likeness (QED) is 0.0946. The van der Waals surface area contributed by atoms with Crippen molar-refractivity contribution < 1.29 is 9.59 Å². The number of halogens is 4. The van der Waals surface area contributed by atoms with E-state index in [2.05, 4.69) is 146 Å². The van der Waals surface area contributed by atoms with E-state index in [0.29, 0.717) is 26.2 Å². The fourth-order valence-electron chi connectivity index (χ4n) is 10.7. The molecule has 0 spiro atoms. The summed E-state index contributed by atoms with van der Waals surface area (Å²) in [6.07, 6.45) is 20.2. The molecule has 6 heterocycles. The molecule has 2 aromatic carbocycles. The van der Waals surface area contributed by atoms with Crippen molar-refractivity contribution in [1.29, 1.82) is 0 Å². The lowest BCUT2D eigenvalue weighted by atomic mass is 9.95. The number of aromatic nitrogens is 6. The standard InChI is InChI=1S/2C27H32BrClN6O/c2*1-27(2,35-12-9-30-17-35)7-8-32-26(36)23-16-34(11-10-31-23)25-22-6-5-21(29)14-18(22)3-4-19-13-20(28)15-33-24(19)25/h2*5-6,9,12-15,17,23,25,31H,3-4,7-8,10-11,16H2,1-2H3,(H,32,36)/t23-,25+;23-,25-/m11/s1. The SMILES string of the molecule is CC(C)(CCNC(=O)[C@H]1CN([C@@H]2c3ccc(Cl)cc3CCc3cc(Br)cnc32)CCN1)n1ccnc1.CC(C)(CCNC(=O)[C@H]1CN([C@H]2c3ccc(Cl)cc3CCc3cc(Br)cnc32)CCN1)n1ccnc1. The van der Waals surface area contributed by atoms with E-state index in [1.165, 1.54) is 33.4 Å². The van der Waals surface area contributed by atoms with Crippen LogP contribution in [0.25, 0.3) is 0 Å². The Morgan fingerprint density at radius 3 is 1.46 bits per heavy atom. The summed E-state index contributed by atoms with van der Waals surface area (Å²) in [6.45, 7) is 14.2. The van der Waals surface area contributed by atoms with Gasteiger partial charge in [-0.3, -0.25) is 29.4 Å². The van der Waals surface area contributed by atoms with E-state index in [4.69, 9.17) is 33.2 Å². The van der Waals surface area contributed by atoms with Crippen LogP contribution in [0, 0.1) is 0 Å². The summed E-state index contributed by atoms with van der Waals surface area (Å²) in [7, 11) is 0. The molecule has 380 valence electrons. The lowest BCUT2D eigenvalue weighted by Gasteiger charge is -2.39. The van der Waals surface area contributed by atoms with E-state index in [1.807, 2.05) is 49.6 Å². The topological polar surface area (TPSA) is 150 Å². The number of piperazine rings is 2. The van der Waals surface area contributed by atoms with Crippen LogP contribution in [0.3, 0.4) is 0 Å². The molecule has 0 unspecified atom stereocenters. The second kappa shape index (κ2) is 22.9. The van der Waals surface area contributed by atoms with Crippen molar-refractivity contribution in [1.82, 2.24) is 60.1 Å². The summed E-state index contributed by atoms with van der Waals surface area (Å²) in [5.41, 5.74) is 9.35. The summed E-state index contributed by atoms with van der Waals surface area (Å²) in [5, 5.41) is 14.7. The number of fused-ring (bicyclic) bond motifs is 4. The van der Waals surface area contributed by atoms with Gasteiger partial charge in [-0.05, 0) is 168 Å². The van der Waals surface area contributed by atoms with Crippen LogP contribution in [0.2, 0.25) is 10.0 Å². The van der Waals surface area contributed by atoms with Gasteiger partial charge in [-0.25, -0.2) is 9.97 Å². The minimum Gasteiger partial charge on any atom is -0.355 e. The molecule has 4 atom stereocenters. The number of imidazole rings is 2. The number of aryl methyl sites for hydroxylation is 4. The number of carbonyl (C=O) groups excluding carboxylic acids is 2. The van der Waals surface area contributed by atoms with Crippen LogP contribution in [-0.2, 0) is 46.4 Å². The van der Waals surface area contributed by atoms with Crippen molar-refractivity contribution in [2.45, 2.75) is 101 Å². The van der Waals surface area contributed by atoms with E-state index in [0.717, 1.165) is 95.1 Å². The average Bonchev–Trinajstić information content (AvgIpc) is 4.08. The second-order valence-corrected chi connectivity index (χ2v) is 23.2. The number of nitrogens with one attached hydrogen (secondary N) is 4. The molecule has 2 fully saturated rings. The first kappa shape index (κ1) is 52.3. The Morgan fingerprint density at radius 2 is 1.06 bits per heavy atom. The molecule has 0 saturated carbocycles. The van der Waals surface area contributed by atoms with E-state index in [1.54, 1.807) is 12.4 Å². The fourth-order valence-corrected chi connectivity index (χ4v) is 11.8. The largest absolute Gasteiger partial charge is 0.355 e. The summed E-state index contributed by atoms with van der Waals surface area (Å²) < 4.78 is 6.14. The number of amides is 2. The Kier molecular flexibility index (Phi) is 16.7. The minimum absolute atomic E-state index is 0.0135. The van der Waals surface area contributed by atoms with Crippen LogP contribution >= 0.6 is 55.1 Å². The highest BCUT2D eigenvalue weighted by molar-refractivity contribution is 9.10. The highest BCUT2D eigenvalue weighted by atomic mass is 79.9. The lowest BCUT2D eigenvalue weighted by molar-refractivity contribution is -0.125. The van der Waals surface area contributed by atoms with Gasteiger partial charge in [0.2, 0.25) is 11.8 Å². The third-order valence-electron chi connectivity index (χ3n) is 14.8. The molecular weight excluding hydrogens is 1080 g/mol. The fraction of sp³-hybridized carbons (Fsp3) is 0.444. The van der Waals surface area contributed by atoms with Gasteiger partial charge in [0, 0.05) is 120 Å². The Labute approximate surface area is 449 Å². The zero-order chi connectivity index (χ0) is 50.6. The first-order chi connectivity index (χ1) is 34.6. The molecule has 2 amide bonds. The average molecular weight is 1140 g/mol. The Balaban J connectivity index is 0.000000178. The van der Waals surface area contributed by atoms with Gasteiger partial charge < -0.3 is 30.4 Å². The number of benzene rings is 2. The summed E-state index contributed by atoms with van der Waals surface area (Å²) in [5.74, 6) is 0.0742. The lowest BCUT2D eigenvalue weighted by Crippen LogP contribution is -2.58. The molecule has 0 bridgehead atoms. The number of pyridine rings is 2. The van der Waals surface area contributed by atoms with Crippen LogP contribution in [-0.4, -0.2) is 115 Å². The molecule has 10 rings (SSSR count). The van der Waals surface area contributed by atoms with Crippen LogP contribution in [0.4, 0.5) is 0 Å². The predicted octanol–water partition coefficient (Wildman–Crippen LogP) is 8.19. The van der Waals surface area contributed by atoms with Gasteiger partial charge in [0.1, 0.15) is 0 Å². The van der Waals surface area contributed by atoms with E-state index in [-0.39, 0.29) is 47.1 Å². The van der Waals surface area contributed by atoms with Gasteiger partial charge in [-0.15, -0.1) is 0 Å². The maximum absolute atomic E-state index is 13.2. The number of rotatable bonds is 12. The van der Waals surface area contributed by atoms with Crippen molar-refractivity contribution in [2.75, 3.05) is 52.4 Å². The van der Waals surface area contributed by atoms with Crippen LogP contribution < -0.4 is 21.3 Å². The van der Waals surface area contributed by atoms with Crippen LogP contribution in [0.15, 0.2) is 107 Å². The van der Waals surface area contributed by atoms with Gasteiger partial charge in [0.05, 0.1) is 48.2 Å². The maximum Gasteiger partial charge on any atom is 0.238 e. The minimum atomic E-state index is -0.284. The monoisotopic (exact) mass is 1140 g/mol. The van der Waals surface area contributed by atoms with Crippen molar-refractivity contribution in [3.05, 3.63) is 162 Å². The summed E-state index contributed by atoms with van der Waals surface area (Å²) in [4.78, 5) is 49.2. The molecule has 4 aliphatic rings. The van der Waals surface area contributed by atoms with Crippen LogP contribution in [0.5, 0.6) is 0 Å². The molecule has 4 N–H and O–H groups in total. The first-order valence-electron chi connectivity index (χ1n) is 25.0. The molecular formula is C54H64Br2Cl2N12O2. The Bertz CT molecular complexity index is 2550. The normalized spacial score (nSPS) is 20.3. The highest BCUT2D eigenvalue weighted by Crippen LogP contribution is 2.40. The number of hydrogen-bond acceptors (Lipinski definition) is 10. The molecule has 2 aliphatic heterocycles. The van der Waals surface area contributed by atoms with Crippen molar-refractivity contribution in [2.24, 2.45) is 0 Å². The number of carbonyl (C=O) groups is 2. The first-order valence-corrected chi connectivity index (χ1v) is 27.3. The van der Waals surface area contributed by atoms with E-state index >= 15 is 0 Å². The number of hydrogen-bond donors (Lipinski definition) is 4. The third kappa shape index (κ3) is 12.2. The van der Waals surface area contributed by atoms with E-state index in [9.17, 15) is 9.59 Å². The van der Waals surface area contributed by atoms with Crippen molar-refractivity contribution in [3.63, 3.8) is 0 Å². The van der Waals surface area contributed by atoms with Gasteiger partial charge >= 0.3 is 0 Å². The zero-order valence-electron chi connectivity index (χ0n) is 41.4. The molecule has 2 saturated heterocycles. The van der Waals surface area contributed by atoms with Gasteiger partial charge in [0.25, 0.3) is 0 Å². The molecule has 18 heteroatoms. The summed E-state index contributed by atoms with van der Waals surface area (Å²) >= 11 is 19.9. The van der Waals surface area contributed by atoms with E-state index < -0.39 is 0 Å². The van der Waals surface area contributed by atoms with Crippen molar-refractivity contribution >= 4 is 66.9 Å². The predicted molar refractivity (Wildman–Crippen MR) is 290 cm³/mol. The van der Waals surface area contributed by atoms with Crippen LogP contribution in [0.1, 0.15) is 97.4 Å². The maximum atomic E-state index is 13.2. The summed E-state index contributed by atoms with van der Waals surface area (Å²) in [6, 6.07) is 16.1. The van der Waals surface area contributed by atoms with Gasteiger partial charge in [-0.1, -0.05) is 35.3 Å². The Morgan fingerprint density at radius 1 is 0.639 bits per heavy atom. The molecule has 4 aromatic heterocycles. The Hall–Kier alpha value is -4.52. The highest BCUT2D eigenvalue weighted by Gasteiger charge is 2.37. The second-order valence-electron chi connectivity index (χ2n) is 20.5. The molecule has 0 radical (unpaired) electrons. The smallest absolute Gasteiger partial charge is 0.238 e. The molecule has 72 heavy (non-hydrogen) atoms. The molecule has 6 aromatic rings. The number of nitrogens with zero attached hydrogens (tertiary/aromatic N) is 8. The molecule has 14 nitrogen and oxygen atoms in total. The van der Waals surface area contributed by atoms with Gasteiger partial charge in [-0.2, -0.15) is 0 Å². The zero-order valence-corrected chi connectivity index (χ0v) is 46.0. The molecule has 2 aliphatic carbocycles. The van der Waals surface area contributed by atoms with Gasteiger partial charge in [0.15, 0.2) is 0 Å². The van der Waals surface area contributed by atoms with Crippen molar-refractivity contribution in [3.8, 4) is 0 Å².